The minimum absolute atomic E-state index is 0.195. The van der Waals surface area contributed by atoms with Gasteiger partial charge in [-0.2, -0.15) is 0 Å². The normalized spacial score (nSPS) is 10.0. The third-order valence-corrected chi connectivity index (χ3v) is 2.34. The smallest absolute Gasteiger partial charge is 0.236 e. The SMILES string of the molecule is CCCNc1cccc(N(CC)CC(N)=O)n1. The Morgan fingerprint density at radius 1 is 1.47 bits per heavy atom. The van der Waals surface area contributed by atoms with E-state index in [0.717, 1.165) is 24.6 Å². The standard InChI is InChI=1S/C12H20N4O/c1-3-8-14-11-6-5-7-12(15-11)16(4-2)9-10(13)17/h5-7H,3-4,8-9H2,1-2H3,(H2,13,17)(H,14,15). The monoisotopic (exact) mass is 236 g/mol. The molecule has 1 aromatic rings. The summed E-state index contributed by atoms with van der Waals surface area (Å²) in [7, 11) is 0. The van der Waals surface area contributed by atoms with Gasteiger partial charge in [-0.05, 0) is 25.5 Å². The van der Waals surface area contributed by atoms with Crippen molar-refractivity contribution >= 4 is 17.5 Å². The number of carbonyl (C=O) groups is 1. The molecule has 0 aliphatic rings. The van der Waals surface area contributed by atoms with Crippen molar-refractivity contribution in [2.24, 2.45) is 5.73 Å². The summed E-state index contributed by atoms with van der Waals surface area (Å²) < 4.78 is 0. The van der Waals surface area contributed by atoms with Gasteiger partial charge < -0.3 is 16.0 Å². The van der Waals surface area contributed by atoms with Crippen LogP contribution in [0.5, 0.6) is 0 Å². The molecule has 0 unspecified atom stereocenters. The maximum atomic E-state index is 10.9. The minimum atomic E-state index is -0.347. The van der Waals surface area contributed by atoms with E-state index in [-0.39, 0.29) is 12.5 Å². The number of primary amides is 1. The molecule has 1 aromatic heterocycles. The van der Waals surface area contributed by atoms with Crippen molar-refractivity contribution in [3.8, 4) is 0 Å². The van der Waals surface area contributed by atoms with Crippen molar-refractivity contribution in [3.63, 3.8) is 0 Å². The zero-order valence-corrected chi connectivity index (χ0v) is 10.4. The highest BCUT2D eigenvalue weighted by Crippen LogP contribution is 2.13. The van der Waals surface area contributed by atoms with Crippen LogP contribution in [0.25, 0.3) is 0 Å². The Bertz CT molecular complexity index is 367. The van der Waals surface area contributed by atoms with E-state index in [4.69, 9.17) is 5.73 Å². The van der Waals surface area contributed by atoms with Crippen molar-refractivity contribution in [3.05, 3.63) is 18.2 Å². The van der Waals surface area contributed by atoms with E-state index in [1.54, 1.807) is 0 Å². The molecule has 1 amide bonds. The van der Waals surface area contributed by atoms with Gasteiger partial charge in [-0.25, -0.2) is 4.98 Å². The maximum absolute atomic E-state index is 10.9. The molecule has 0 saturated carbocycles. The predicted octanol–water partition coefficient (Wildman–Crippen LogP) is 1.22. The van der Waals surface area contributed by atoms with Crippen LogP contribution in [0.1, 0.15) is 20.3 Å². The molecule has 5 heteroatoms. The molecule has 0 spiro atoms. The number of hydrogen-bond donors (Lipinski definition) is 2. The highest BCUT2D eigenvalue weighted by Gasteiger charge is 2.08. The van der Waals surface area contributed by atoms with Gasteiger partial charge in [0.25, 0.3) is 0 Å². The molecule has 17 heavy (non-hydrogen) atoms. The van der Waals surface area contributed by atoms with Gasteiger partial charge in [-0.1, -0.05) is 13.0 Å². The lowest BCUT2D eigenvalue weighted by molar-refractivity contribution is -0.116. The summed E-state index contributed by atoms with van der Waals surface area (Å²) in [5.41, 5.74) is 5.20. The number of nitrogens with two attached hydrogens (primary N) is 1. The maximum Gasteiger partial charge on any atom is 0.236 e. The number of amides is 1. The number of rotatable bonds is 7. The molecule has 94 valence electrons. The summed E-state index contributed by atoms with van der Waals surface area (Å²) in [6, 6.07) is 5.71. The molecule has 1 heterocycles. The largest absolute Gasteiger partial charge is 0.370 e. The molecule has 0 aliphatic heterocycles. The van der Waals surface area contributed by atoms with Gasteiger partial charge in [-0.3, -0.25) is 4.79 Å². The molecule has 0 fully saturated rings. The van der Waals surface area contributed by atoms with Crippen molar-refractivity contribution in [1.29, 1.82) is 0 Å². The van der Waals surface area contributed by atoms with E-state index >= 15 is 0 Å². The molecular formula is C12H20N4O. The molecule has 0 aromatic carbocycles. The number of carbonyl (C=O) groups excluding carboxylic acids is 1. The van der Waals surface area contributed by atoms with Crippen molar-refractivity contribution in [1.82, 2.24) is 4.98 Å². The fraction of sp³-hybridized carbons (Fsp3) is 0.500. The molecule has 0 aliphatic carbocycles. The van der Waals surface area contributed by atoms with Crippen LogP contribution >= 0.6 is 0 Å². The van der Waals surface area contributed by atoms with E-state index in [0.29, 0.717) is 6.54 Å². The Morgan fingerprint density at radius 3 is 2.82 bits per heavy atom. The number of nitrogens with zero attached hydrogens (tertiary/aromatic N) is 2. The van der Waals surface area contributed by atoms with Gasteiger partial charge in [0, 0.05) is 13.1 Å². The first-order valence-corrected chi connectivity index (χ1v) is 5.91. The van der Waals surface area contributed by atoms with Gasteiger partial charge in [0.2, 0.25) is 5.91 Å². The van der Waals surface area contributed by atoms with Crippen LogP contribution < -0.4 is 16.0 Å². The van der Waals surface area contributed by atoms with E-state index < -0.39 is 0 Å². The number of pyridine rings is 1. The third-order valence-electron chi connectivity index (χ3n) is 2.34. The Labute approximate surface area is 102 Å². The lowest BCUT2D eigenvalue weighted by atomic mass is 10.3. The Kier molecular flexibility index (Phi) is 5.26. The first kappa shape index (κ1) is 13.3. The minimum Gasteiger partial charge on any atom is -0.370 e. The van der Waals surface area contributed by atoms with Crippen molar-refractivity contribution < 1.29 is 4.79 Å². The van der Waals surface area contributed by atoms with E-state index in [1.807, 2.05) is 30.0 Å². The van der Waals surface area contributed by atoms with Crippen molar-refractivity contribution in [2.45, 2.75) is 20.3 Å². The first-order chi connectivity index (χ1) is 8.17. The summed E-state index contributed by atoms with van der Waals surface area (Å²) in [6.45, 7) is 5.85. The third kappa shape index (κ3) is 4.30. The molecule has 0 radical (unpaired) electrons. The second-order valence-corrected chi connectivity index (χ2v) is 3.79. The van der Waals surface area contributed by atoms with Crippen LogP contribution in [0, 0.1) is 0 Å². The van der Waals surface area contributed by atoms with Crippen LogP contribution in [0.4, 0.5) is 11.6 Å². The number of nitrogens with one attached hydrogen (secondary N) is 1. The fourth-order valence-electron chi connectivity index (χ4n) is 1.49. The number of aromatic nitrogens is 1. The van der Waals surface area contributed by atoms with E-state index in [9.17, 15) is 4.79 Å². The summed E-state index contributed by atoms with van der Waals surface area (Å²) in [6.07, 6.45) is 1.05. The second-order valence-electron chi connectivity index (χ2n) is 3.79. The molecule has 0 atom stereocenters. The van der Waals surface area contributed by atoms with Crippen LogP contribution in [0.15, 0.2) is 18.2 Å². The quantitative estimate of drug-likeness (QED) is 0.746. The van der Waals surface area contributed by atoms with Crippen LogP contribution in [-0.4, -0.2) is 30.5 Å². The van der Waals surface area contributed by atoms with E-state index in [1.165, 1.54) is 0 Å². The lowest BCUT2D eigenvalue weighted by Gasteiger charge is -2.20. The van der Waals surface area contributed by atoms with Gasteiger partial charge in [0.15, 0.2) is 0 Å². The number of anilines is 2. The lowest BCUT2D eigenvalue weighted by Crippen LogP contribution is -2.34. The summed E-state index contributed by atoms with van der Waals surface area (Å²) in [4.78, 5) is 17.2. The van der Waals surface area contributed by atoms with Gasteiger partial charge in [0.1, 0.15) is 11.6 Å². The fourth-order valence-corrected chi connectivity index (χ4v) is 1.49. The van der Waals surface area contributed by atoms with E-state index in [2.05, 4.69) is 17.2 Å². The summed E-state index contributed by atoms with van der Waals surface area (Å²) in [5.74, 6) is 1.25. The first-order valence-electron chi connectivity index (χ1n) is 5.91. The average Bonchev–Trinajstić information content (AvgIpc) is 2.33. The Morgan fingerprint density at radius 2 is 2.24 bits per heavy atom. The number of likely N-dealkylation sites (N-methyl/N-ethyl adjacent to an activating group) is 1. The summed E-state index contributed by atoms with van der Waals surface area (Å²) >= 11 is 0. The highest BCUT2D eigenvalue weighted by molar-refractivity contribution is 5.79. The second kappa shape index (κ2) is 6.73. The van der Waals surface area contributed by atoms with Gasteiger partial charge in [0.05, 0.1) is 6.54 Å². The number of hydrogen-bond acceptors (Lipinski definition) is 4. The topological polar surface area (TPSA) is 71.2 Å². The Hall–Kier alpha value is -1.78. The highest BCUT2D eigenvalue weighted by atomic mass is 16.1. The zero-order chi connectivity index (χ0) is 12.7. The molecule has 3 N–H and O–H groups in total. The van der Waals surface area contributed by atoms with Crippen LogP contribution in [-0.2, 0) is 4.79 Å². The predicted molar refractivity (Wildman–Crippen MR) is 70.1 cm³/mol. The molecular weight excluding hydrogens is 216 g/mol. The molecule has 1 rings (SSSR count). The van der Waals surface area contributed by atoms with Crippen LogP contribution in [0.2, 0.25) is 0 Å². The summed E-state index contributed by atoms with van der Waals surface area (Å²) in [5, 5.41) is 3.21. The molecule has 0 saturated heterocycles. The van der Waals surface area contributed by atoms with Crippen LogP contribution in [0.3, 0.4) is 0 Å². The molecule has 0 bridgehead atoms. The Balaban J connectivity index is 2.77. The molecule has 5 nitrogen and oxygen atoms in total. The van der Waals surface area contributed by atoms with Gasteiger partial charge in [-0.15, -0.1) is 0 Å². The average molecular weight is 236 g/mol. The zero-order valence-electron chi connectivity index (χ0n) is 10.4. The van der Waals surface area contributed by atoms with Crippen molar-refractivity contribution in [2.75, 3.05) is 29.9 Å². The van der Waals surface area contributed by atoms with Gasteiger partial charge >= 0.3 is 0 Å².